The molecule has 0 heterocycles. The van der Waals surface area contributed by atoms with E-state index in [1.54, 1.807) is 0 Å². The molecule has 0 fully saturated rings. The molecule has 128 valence electrons. The van der Waals surface area contributed by atoms with E-state index >= 15 is 0 Å². The average Bonchev–Trinajstić information content (AvgIpc) is 2.60. The van der Waals surface area contributed by atoms with Crippen LogP contribution in [0.4, 0.5) is 0 Å². The topological polar surface area (TPSA) is 38.3 Å². The number of amides is 1. The lowest BCUT2D eigenvalue weighted by molar-refractivity contribution is -0.128. The Morgan fingerprint density at radius 1 is 1.00 bits per heavy atom. The highest BCUT2D eigenvalue weighted by molar-refractivity contribution is 5.81. The molecule has 0 saturated heterocycles. The average molecular weight is 325 g/mol. The van der Waals surface area contributed by atoms with Gasteiger partial charge in [0.1, 0.15) is 5.75 Å². The largest absolute Gasteiger partial charge is 0.481 e. The van der Waals surface area contributed by atoms with Crippen molar-refractivity contribution < 1.29 is 9.53 Å². The second-order valence-corrected chi connectivity index (χ2v) is 6.14. The van der Waals surface area contributed by atoms with Crippen LogP contribution in [0.15, 0.2) is 48.5 Å². The van der Waals surface area contributed by atoms with Gasteiger partial charge in [-0.05, 0) is 55.5 Å². The van der Waals surface area contributed by atoms with Crippen LogP contribution >= 0.6 is 0 Å². The van der Waals surface area contributed by atoms with Crippen LogP contribution < -0.4 is 10.1 Å². The molecule has 2 rings (SSSR count). The number of hydrogen-bond acceptors (Lipinski definition) is 2. The summed E-state index contributed by atoms with van der Waals surface area (Å²) in [5.74, 6) is 0.658. The lowest BCUT2D eigenvalue weighted by Crippen LogP contribution is -2.40. The van der Waals surface area contributed by atoms with Crippen LogP contribution in [0.5, 0.6) is 5.75 Å². The molecule has 3 heteroatoms. The van der Waals surface area contributed by atoms with Crippen LogP contribution in [0.3, 0.4) is 0 Å². The Hall–Kier alpha value is -2.29. The number of carbonyl (C=O) groups excluding carboxylic acids is 1. The van der Waals surface area contributed by atoms with Gasteiger partial charge in [-0.2, -0.15) is 0 Å². The van der Waals surface area contributed by atoms with E-state index in [0.717, 1.165) is 17.7 Å². The second-order valence-electron chi connectivity index (χ2n) is 6.14. The molecule has 3 nitrogen and oxygen atoms in total. The van der Waals surface area contributed by atoms with Gasteiger partial charge in [-0.15, -0.1) is 0 Å². The highest BCUT2D eigenvalue weighted by Gasteiger charge is 2.22. The van der Waals surface area contributed by atoms with Crippen molar-refractivity contribution in [2.75, 3.05) is 0 Å². The number of nitrogens with one attached hydrogen (secondary N) is 1. The van der Waals surface area contributed by atoms with Crippen molar-refractivity contribution in [3.8, 4) is 5.75 Å². The fourth-order valence-corrected chi connectivity index (χ4v) is 2.65. The Bertz CT molecular complexity index is 667. The van der Waals surface area contributed by atoms with Gasteiger partial charge < -0.3 is 10.1 Å². The molecule has 24 heavy (non-hydrogen) atoms. The molecular formula is C21H27NO2. The van der Waals surface area contributed by atoms with Gasteiger partial charge in [-0.25, -0.2) is 0 Å². The molecule has 0 aliphatic carbocycles. The lowest BCUT2D eigenvalue weighted by Gasteiger charge is -2.23. The van der Waals surface area contributed by atoms with Gasteiger partial charge in [0.15, 0.2) is 6.10 Å². The summed E-state index contributed by atoms with van der Waals surface area (Å²) in [6.07, 6.45) is 0.994. The third-order valence-electron chi connectivity index (χ3n) is 4.34. The van der Waals surface area contributed by atoms with Crippen molar-refractivity contribution in [3.63, 3.8) is 0 Å². The Morgan fingerprint density at radius 3 is 2.29 bits per heavy atom. The minimum absolute atomic E-state index is 0.00484. The Balaban J connectivity index is 2.07. The Morgan fingerprint density at radius 2 is 1.71 bits per heavy atom. The van der Waals surface area contributed by atoms with Crippen molar-refractivity contribution in [2.24, 2.45) is 0 Å². The van der Waals surface area contributed by atoms with Gasteiger partial charge in [-0.1, -0.05) is 50.2 Å². The fourth-order valence-electron chi connectivity index (χ4n) is 2.65. The molecule has 0 saturated carbocycles. The first-order valence-electron chi connectivity index (χ1n) is 8.64. The molecule has 0 unspecified atom stereocenters. The number of carbonyl (C=O) groups is 1. The van der Waals surface area contributed by atoms with Crippen molar-refractivity contribution in [1.29, 1.82) is 0 Å². The van der Waals surface area contributed by atoms with Crippen LogP contribution in [-0.2, 0) is 4.79 Å². The molecule has 0 aliphatic heterocycles. The van der Waals surface area contributed by atoms with Crippen molar-refractivity contribution in [3.05, 3.63) is 65.2 Å². The van der Waals surface area contributed by atoms with Crippen LogP contribution in [-0.4, -0.2) is 12.0 Å². The summed E-state index contributed by atoms with van der Waals surface area (Å²) >= 11 is 0. The van der Waals surface area contributed by atoms with E-state index in [1.165, 1.54) is 11.1 Å². The monoisotopic (exact) mass is 325 g/mol. The molecule has 2 aromatic carbocycles. The predicted molar refractivity (Wildman–Crippen MR) is 98.2 cm³/mol. The van der Waals surface area contributed by atoms with E-state index in [9.17, 15) is 4.79 Å². The smallest absolute Gasteiger partial charge is 0.261 e. The third-order valence-corrected chi connectivity index (χ3v) is 4.34. The van der Waals surface area contributed by atoms with Crippen molar-refractivity contribution in [1.82, 2.24) is 5.32 Å². The zero-order valence-electron chi connectivity index (χ0n) is 15.0. The maximum atomic E-state index is 12.6. The van der Waals surface area contributed by atoms with E-state index in [1.807, 2.05) is 37.3 Å². The molecule has 0 spiro atoms. The maximum absolute atomic E-state index is 12.6. The van der Waals surface area contributed by atoms with E-state index in [0.29, 0.717) is 6.42 Å². The van der Waals surface area contributed by atoms with E-state index in [-0.39, 0.29) is 11.9 Å². The van der Waals surface area contributed by atoms with Gasteiger partial charge in [-0.3, -0.25) is 4.79 Å². The van der Waals surface area contributed by atoms with Gasteiger partial charge in [0.25, 0.3) is 5.91 Å². The molecule has 1 amide bonds. The van der Waals surface area contributed by atoms with Crippen molar-refractivity contribution in [2.45, 2.75) is 52.7 Å². The minimum Gasteiger partial charge on any atom is -0.481 e. The zero-order valence-corrected chi connectivity index (χ0v) is 15.0. The number of benzene rings is 2. The summed E-state index contributed by atoms with van der Waals surface area (Å²) in [7, 11) is 0. The summed E-state index contributed by atoms with van der Waals surface area (Å²) in [5.41, 5.74) is 3.65. The SMILES string of the molecule is CC[C@H](Oc1ccccc1)C(=O)N[C@@H](CC)c1ccc(C)c(C)c1. The van der Waals surface area contributed by atoms with E-state index < -0.39 is 6.10 Å². The highest BCUT2D eigenvalue weighted by atomic mass is 16.5. The minimum atomic E-state index is -0.479. The van der Waals surface area contributed by atoms with Crippen molar-refractivity contribution >= 4 is 5.91 Å². The fraction of sp³-hybridized carbons (Fsp3) is 0.381. The zero-order chi connectivity index (χ0) is 17.5. The summed E-state index contributed by atoms with van der Waals surface area (Å²) in [6.45, 7) is 8.24. The van der Waals surface area contributed by atoms with E-state index in [2.05, 4.69) is 44.3 Å². The number of ether oxygens (including phenoxy) is 1. The first-order chi connectivity index (χ1) is 11.5. The number of rotatable bonds is 7. The number of para-hydroxylation sites is 1. The standard InChI is InChI=1S/C21H27NO2/c1-5-19(17-13-12-15(3)16(4)14-17)22-21(23)20(6-2)24-18-10-8-7-9-11-18/h7-14,19-20H,5-6H2,1-4H3,(H,22,23)/t19-,20-/m0/s1. The molecule has 1 N–H and O–H groups in total. The second kappa shape index (κ2) is 8.53. The lowest BCUT2D eigenvalue weighted by atomic mass is 9.99. The Labute approximate surface area is 145 Å². The Kier molecular flexibility index (Phi) is 6.42. The van der Waals surface area contributed by atoms with Gasteiger partial charge in [0.2, 0.25) is 0 Å². The maximum Gasteiger partial charge on any atom is 0.261 e. The molecule has 0 aliphatic rings. The summed E-state index contributed by atoms with van der Waals surface area (Å²) < 4.78 is 5.84. The van der Waals surface area contributed by atoms with Crippen LogP contribution in [0.2, 0.25) is 0 Å². The molecular weight excluding hydrogens is 298 g/mol. The number of hydrogen-bond donors (Lipinski definition) is 1. The van der Waals surface area contributed by atoms with Crippen LogP contribution in [0.25, 0.3) is 0 Å². The predicted octanol–water partition coefficient (Wildman–Crippen LogP) is 4.73. The van der Waals surface area contributed by atoms with E-state index in [4.69, 9.17) is 4.74 Å². The highest BCUT2D eigenvalue weighted by Crippen LogP contribution is 2.21. The molecule has 2 aromatic rings. The number of aryl methyl sites for hydroxylation is 2. The van der Waals surface area contributed by atoms with Gasteiger partial charge in [0.05, 0.1) is 6.04 Å². The van der Waals surface area contributed by atoms with Crippen LogP contribution in [0.1, 0.15) is 49.4 Å². The first kappa shape index (κ1) is 18.1. The summed E-state index contributed by atoms with van der Waals surface area (Å²) in [4.78, 5) is 12.6. The van der Waals surface area contributed by atoms with Gasteiger partial charge in [0, 0.05) is 0 Å². The van der Waals surface area contributed by atoms with Crippen LogP contribution in [0, 0.1) is 13.8 Å². The molecule has 0 bridgehead atoms. The molecule has 0 radical (unpaired) electrons. The quantitative estimate of drug-likeness (QED) is 0.799. The summed E-state index contributed by atoms with van der Waals surface area (Å²) in [5, 5.41) is 3.14. The molecule has 0 aromatic heterocycles. The molecule has 2 atom stereocenters. The first-order valence-corrected chi connectivity index (χ1v) is 8.64. The normalized spacial score (nSPS) is 13.2. The van der Waals surface area contributed by atoms with Gasteiger partial charge >= 0.3 is 0 Å². The summed E-state index contributed by atoms with van der Waals surface area (Å²) in [6, 6.07) is 15.8. The third kappa shape index (κ3) is 4.60.